The minimum Gasteiger partial charge on any atom is -0.485 e. The predicted molar refractivity (Wildman–Crippen MR) is 93.1 cm³/mol. The Kier molecular flexibility index (Phi) is 3.95. The monoisotopic (exact) mass is 370 g/mol. The Balaban J connectivity index is 1.74. The normalized spacial score (nSPS) is 28.0. The van der Waals surface area contributed by atoms with Crippen LogP contribution in [0.2, 0.25) is 0 Å². The van der Waals surface area contributed by atoms with Crippen molar-refractivity contribution in [2.75, 3.05) is 13.2 Å². The summed E-state index contributed by atoms with van der Waals surface area (Å²) in [6.07, 6.45) is 9.25. The summed E-state index contributed by atoms with van der Waals surface area (Å²) in [4.78, 5) is 40.3. The molecule has 0 radical (unpaired) electrons. The van der Waals surface area contributed by atoms with Crippen molar-refractivity contribution < 1.29 is 23.5 Å². The van der Waals surface area contributed by atoms with Crippen LogP contribution in [0.15, 0.2) is 34.5 Å². The minimum atomic E-state index is -1.05. The highest BCUT2D eigenvalue weighted by molar-refractivity contribution is 6.20. The van der Waals surface area contributed by atoms with Crippen molar-refractivity contribution in [1.29, 1.82) is 0 Å². The summed E-state index contributed by atoms with van der Waals surface area (Å²) in [5, 5.41) is 0. The molecule has 2 heterocycles. The fourth-order valence-electron chi connectivity index (χ4n) is 4.29. The number of carbonyl (C=O) groups excluding carboxylic acids is 3. The molecule has 0 saturated carbocycles. The molecule has 3 amide bonds. The van der Waals surface area contributed by atoms with Gasteiger partial charge in [-0.1, -0.05) is 5.92 Å². The van der Waals surface area contributed by atoms with E-state index < -0.39 is 23.2 Å². The maximum absolute atomic E-state index is 14.9. The van der Waals surface area contributed by atoms with Crippen molar-refractivity contribution in [3.63, 3.8) is 0 Å². The molecule has 7 heteroatoms. The third kappa shape index (κ3) is 2.43. The van der Waals surface area contributed by atoms with E-state index in [9.17, 15) is 18.8 Å². The summed E-state index contributed by atoms with van der Waals surface area (Å²) >= 11 is 0. The second kappa shape index (κ2) is 6.08. The third-order valence-electron chi connectivity index (χ3n) is 5.73. The Hall–Kier alpha value is -2.88. The molecular formula is C20H19FN2O4. The van der Waals surface area contributed by atoms with Crippen LogP contribution >= 0.6 is 0 Å². The molecule has 0 aromatic carbocycles. The van der Waals surface area contributed by atoms with Crippen LogP contribution in [0.1, 0.15) is 39.0 Å². The fourth-order valence-corrected chi connectivity index (χ4v) is 4.29. The van der Waals surface area contributed by atoms with E-state index in [1.807, 2.05) is 0 Å². The number of carbonyl (C=O) groups is 3. The maximum Gasteiger partial charge on any atom is 0.262 e. The van der Waals surface area contributed by atoms with Gasteiger partial charge in [-0.15, -0.1) is 6.42 Å². The first-order valence-electron chi connectivity index (χ1n) is 8.97. The van der Waals surface area contributed by atoms with Crippen LogP contribution in [0, 0.1) is 12.3 Å². The van der Waals surface area contributed by atoms with Crippen LogP contribution in [0.3, 0.4) is 0 Å². The number of allylic oxidation sites excluding steroid dienone is 2. The van der Waals surface area contributed by atoms with Crippen molar-refractivity contribution in [3.8, 4) is 12.3 Å². The van der Waals surface area contributed by atoms with Gasteiger partial charge in [-0.3, -0.25) is 14.4 Å². The molecule has 27 heavy (non-hydrogen) atoms. The van der Waals surface area contributed by atoms with Crippen LogP contribution in [0.4, 0.5) is 4.39 Å². The first-order valence-corrected chi connectivity index (χ1v) is 8.97. The number of fused-ring (bicyclic) bond motifs is 1. The second-order valence-corrected chi connectivity index (χ2v) is 7.34. The average molecular weight is 370 g/mol. The molecule has 6 nitrogen and oxygen atoms in total. The molecule has 0 bridgehead atoms. The number of morpholine rings is 1. The van der Waals surface area contributed by atoms with Gasteiger partial charge in [0.2, 0.25) is 0 Å². The van der Waals surface area contributed by atoms with E-state index in [4.69, 9.17) is 11.2 Å². The molecule has 4 aliphatic rings. The van der Waals surface area contributed by atoms with Gasteiger partial charge in [0.05, 0.1) is 12.2 Å². The Morgan fingerprint density at radius 1 is 1.22 bits per heavy atom. The Bertz CT molecular complexity index is 879. The molecule has 0 spiro atoms. The largest absolute Gasteiger partial charge is 0.485 e. The lowest BCUT2D eigenvalue weighted by Gasteiger charge is -2.47. The van der Waals surface area contributed by atoms with Crippen LogP contribution < -0.4 is 0 Å². The van der Waals surface area contributed by atoms with E-state index in [0.29, 0.717) is 24.0 Å². The van der Waals surface area contributed by atoms with Gasteiger partial charge in [-0.05, 0) is 32.6 Å². The number of nitrogens with zero attached hydrogens (tertiary/aromatic N) is 2. The standard InChI is InChI=1S/C20H19FN2O4/c1-3-8-22-17(24)11-27-16-9-14(21)15(10-20(16,22)2)23-18(25)12-6-4-5-7-13(12)19(23)26/h1,9H,4-8,10-11H2,2H3. The zero-order valence-electron chi connectivity index (χ0n) is 15.0. The summed E-state index contributed by atoms with van der Waals surface area (Å²) in [5.41, 5.74) is -0.104. The predicted octanol–water partition coefficient (Wildman–Crippen LogP) is 1.95. The highest BCUT2D eigenvalue weighted by Crippen LogP contribution is 2.44. The molecule has 2 aliphatic heterocycles. The lowest BCUT2D eigenvalue weighted by molar-refractivity contribution is -0.148. The molecule has 0 aromatic heterocycles. The van der Waals surface area contributed by atoms with Crippen molar-refractivity contribution in [1.82, 2.24) is 9.80 Å². The van der Waals surface area contributed by atoms with E-state index in [1.165, 1.54) is 4.90 Å². The number of terminal acetylenes is 1. The first-order chi connectivity index (χ1) is 12.9. The van der Waals surface area contributed by atoms with Gasteiger partial charge >= 0.3 is 0 Å². The summed E-state index contributed by atoms with van der Waals surface area (Å²) in [6, 6.07) is 0. The third-order valence-corrected chi connectivity index (χ3v) is 5.73. The minimum absolute atomic E-state index is 0.0293. The van der Waals surface area contributed by atoms with Gasteiger partial charge in [0.15, 0.2) is 6.61 Å². The van der Waals surface area contributed by atoms with Crippen LogP contribution in [0.25, 0.3) is 0 Å². The molecule has 1 atom stereocenters. The first kappa shape index (κ1) is 17.5. The number of hydrogen-bond acceptors (Lipinski definition) is 4. The number of amides is 3. The summed E-state index contributed by atoms with van der Waals surface area (Å²) < 4.78 is 20.3. The quantitative estimate of drug-likeness (QED) is 0.550. The van der Waals surface area contributed by atoms with E-state index in [2.05, 4.69) is 5.92 Å². The van der Waals surface area contributed by atoms with Crippen LogP contribution in [-0.4, -0.2) is 46.2 Å². The Morgan fingerprint density at radius 2 is 1.85 bits per heavy atom. The van der Waals surface area contributed by atoms with Crippen LogP contribution in [-0.2, 0) is 19.1 Å². The molecule has 0 N–H and O–H groups in total. The number of hydrogen-bond donors (Lipinski definition) is 0. The van der Waals surface area contributed by atoms with Crippen LogP contribution in [0.5, 0.6) is 0 Å². The van der Waals surface area contributed by atoms with Gasteiger partial charge in [-0.25, -0.2) is 9.29 Å². The van der Waals surface area contributed by atoms with Gasteiger partial charge in [0.1, 0.15) is 17.1 Å². The van der Waals surface area contributed by atoms with E-state index in [0.717, 1.165) is 23.8 Å². The molecule has 1 fully saturated rings. The van der Waals surface area contributed by atoms with E-state index in [-0.39, 0.29) is 36.9 Å². The van der Waals surface area contributed by atoms with E-state index in [1.54, 1.807) is 6.92 Å². The highest BCUT2D eigenvalue weighted by atomic mass is 19.1. The summed E-state index contributed by atoms with van der Waals surface area (Å²) in [6.45, 7) is 1.52. The number of ether oxygens (including phenoxy) is 1. The van der Waals surface area contributed by atoms with Gasteiger partial charge < -0.3 is 9.64 Å². The van der Waals surface area contributed by atoms with Crippen molar-refractivity contribution in [3.05, 3.63) is 34.5 Å². The average Bonchev–Trinajstić information content (AvgIpc) is 2.90. The molecule has 0 aromatic rings. The van der Waals surface area contributed by atoms with E-state index >= 15 is 0 Å². The molecule has 1 saturated heterocycles. The Labute approximate surface area is 156 Å². The smallest absolute Gasteiger partial charge is 0.262 e. The lowest BCUT2D eigenvalue weighted by Crippen LogP contribution is -2.58. The van der Waals surface area contributed by atoms with Crippen molar-refractivity contribution >= 4 is 17.7 Å². The number of rotatable bonds is 2. The summed E-state index contributed by atoms with van der Waals surface area (Å²) in [7, 11) is 0. The van der Waals surface area contributed by atoms with Crippen molar-refractivity contribution in [2.24, 2.45) is 0 Å². The van der Waals surface area contributed by atoms with Gasteiger partial charge in [0, 0.05) is 23.6 Å². The lowest BCUT2D eigenvalue weighted by atomic mass is 9.85. The maximum atomic E-state index is 14.9. The fraction of sp³-hybridized carbons (Fsp3) is 0.450. The zero-order valence-corrected chi connectivity index (χ0v) is 15.0. The Morgan fingerprint density at radius 3 is 2.44 bits per heavy atom. The molecular weight excluding hydrogens is 351 g/mol. The van der Waals surface area contributed by atoms with Crippen molar-refractivity contribution in [2.45, 2.75) is 44.6 Å². The highest BCUT2D eigenvalue weighted by Gasteiger charge is 2.50. The SMILES string of the molecule is C#CCN1C(=O)COC2=CC(F)=C(N3C(=O)C4=C(CCCC4)C3=O)CC21C. The molecule has 140 valence electrons. The zero-order chi connectivity index (χ0) is 19.3. The number of halogens is 1. The van der Waals surface area contributed by atoms with Gasteiger partial charge in [0.25, 0.3) is 17.7 Å². The van der Waals surface area contributed by atoms with Gasteiger partial charge in [-0.2, -0.15) is 0 Å². The molecule has 1 unspecified atom stereocenters. The number of imide groups is 1. The molecule has 2 aliphatic carbocycles. The molecule has 4 rings (SSSR count). The topological polar surface area (TPSA) is 66.9 Å². The summed E-state index contributed by atoms with van der Waals surface area (Å²) in [5.74, 6) is 0.797. The second-order valence-electron chi connectivity index (χ2n) is 7.34.